The Morgan fingerprint density at radius 1 is 1.17 bits per heavy atom. The largest absolute Gasteiger partial charge is 0.496 e. The van der Waals surface area contributed by atoms with Crippen LogP contribution in [-0.4, -0.2) is 30.5 Å². The lowest BCUT2D eigenvalue weighted by molar-refractivity contribution is -0.149. The van der Waals surface area contributed by atoms with Crippen LogP contribution in [0, 0.1) is 11.7 Å². The predicted molar refractivity (Wildman–Crippen MR) is 113 cm³/mol. The van der Waals surface area contributed by atoms with Crippen molar-refractivity contribution in [1.82, 2.24) is 4.98 Å². The van der Waals surface area contributed by atoms with Crippen LogP contribution in [0.4, 0.5) is 4.39 Å². The first-order valence-electron chi connectivity index (χ1n) is 9.95. The Bertz CT molecular complexity index is 1050. The highest BCUT2D eigenvalue weighted by atomic mass is 32.1. The molecule has 3 aromatic rings. The lowest BCUT2D eigenvalue weighted by Gasteiger charge is -2.28. The summed E-state index contributed by atoms with van der Waals surface area (Å²) in [7, 11) is 1.40. The number of carbonyl (C=O) groups is 2. The van der Waals surface area contributed by atoms with Crippen molar-refractivity contribution in [3.8, 4) is 5.75 Å². The summed E-state index contributed by atoms with van der Waals surface area (Å²) in [6.45, 7) is -0.443. The van der Waals surface area contributed by atoms with E-state index in [-0.39, 0.29) is 23.1 Å². The van der Waals surface area contributed by atoms with Crippen molar-refractivity contribution in [2.75, 3.05) is 13.7 Å². The number of para-hydroxylation sites is 1. The molecule has 2 atom stereocenters. The Morgan fingerprint density at radius 3 is 2.77 bits per heavy atom. The number of carbonyl (C=O) groups excluding carboxylic acids is 2. The van der Waals surface area contributed by atoms with E-state index >= 15 is 0 Å². The number of Topliss-reactive ketones (excluding diaryl/α,β-unsaturated/α-hetero) is 1. The van der Waals surface area contributed by atoms with E-state index in [1.165, 1.54) is 19.2 Å². The summed E-state index contributed by atoms with van der Waals surface area (Å²) in [6, 6.07) is 11.6. The molecular weight excluding hydrogens is 405 g/mol. The molecule has 4 rings (SSSR count). The number of nitrogens with zero attached hydrogens (tertiary/aromatic N) is 1. The summed E-state index contributed by atoms with van der Waals surface area (Å²) >= 11 is 1.61. The van der Waals surface area contributed by atoms with Crippen LogP contribution in [0.2, 0.25) is 0 Å². The average Bonchev–Trinajstić information content (AvgIpc) is 3.21. The second kappa shape index (κ2) is 8.92. The number of benzene rings is 2. The average molecular weight is 427 g/mol. The fourth-order valence-electron chi connectivity index (χ4n) is 3.98. The number of rotatable bonds is 6. The number of esters is 1. The molecule has 0 N–H and O–H groups in total. The van der Waals surface area contributed by atoms with Gasteiger partial charge in [-0.25, -0.2) is 9.37 Å². The number of hydrogen-bond acceptors (Lipinski definition) is 6. The summed E-state index contributed by atoms with van der Waals surface area (Å²) in [5.41, 5.74) is 1.00. The molecule has 0 unspecified atom stereocenters. The molecule has 5 nitrogen and oxygen atoms in total. The Labute approximate surface area is 177 Å². The molecule has 1 saturated carbocycles. The van der Waals surface area contributed by atoms with Crippen molar-refractivity contribution in [3.63, 3.8) is 0 Å². The van der Waals surface area contributed by atoms with Gasteiger partial charge in [-0.05, 0) is 43.2 Å². The first-order chi connectivity index (χ1) is 14.6. The molecular formula is C23H22FNO4S. The molecule has 1 heterocycles. The monoisotopic (exact) mass is 427 g/mol. The molecule has 30 heavy (non-hydrogen) atoms. The van der Waals surface area contributed by atoms with E-state index in [1.807, 2.05) is 24.3 Å². The van der Waals surface area contributed by atoms with E-state index in [0.717, 1.165) is 40.6 Å². The molecule has 2 aromatic carbocycles. The van der Waals surface area contributed by atoms with Crippen LogP contribution in [0.25, 0.3) is 10.2 Å². The zero-order chi connectivity index (χ0) is 21.1. The fraction of sp³-hybridized carbons (Fsp3) is 0.348. The van der Waals surface area contributed by atoms with Gasteiger partial charge in [-0.2, -0.15) is 0 Å². The van der Waals surface area contributed by atoms with E-state index in [2.05, 4.69) is 0 Å². The molecule has 0 bridgehead atoms. The van der Waals surface area contributed by atoms with Crippen LogP contribution >= 0.6 is 11.3 Å². The quantitative estimate of drug-likeness (QED) is 0.402. The van der Waals surface area contributed by atoms with Gasteiger partial charge in [-0.3, -0.25) is 9.59 Å². The molecule has 0 radical (unpaired) electrons. The van der Waals surface area contributed by atoms with Gasteiger partial charge in [-0.15, -0.1) is 11.3 Å². The number of fused-ring (bicyclic) bond motifs is 1. The molecule has 1 aliphatic carbocycles. The van der Waals surface area contributed by atoms with E-state index in [0.29, 0.717) is 6.42 Å². The highest BCUT2D eigenvalue weighted by molar-refractivity contribution is 7.18. The second-order valence-corrected chi connectivity index (χ2v) is 8.45. The Balaban J connectivity index is 1.47. The molecule has 0 amide bonds. The molecule has 0 spiro atoms. The Kier molecular flexibility index (Phi) is 6.08. The summed E-state index contributed by atoms with van der Waals surface area (Å²) in [5, 5.41) is 0.941. The topological polar surface area (TPSA) is 65.5 Å². The number of methoxy groups -OCH3 is 1. The van der Waals surface area contributed by atoms with Gasteiger partial charge in [-0.1, -0.05) is 25.0 Å². The van der Waals surface area contributed by atoms with Crippen LogP contribution in [0.3, 0.4) is 0 Å². The molecule has 0 aliphatic heterocycles. The van der Waals surface area contributed by atoms with Crippen LogP contribution in [0.5, 0.6) is 5.75 Å². The minimum absolute atomic E-state index is 0.0116. The molecule has 1 fully saturated rings. The lowest BCUT2D eigenvalue weighted by Crippen LogP contribution is -2.29. The van der Waals surface area contributed by atoms with Crippen molar-refractivity contribution < 1.29 is 23.5 Å². The van der Waals surface area contributed by atoms with Crippen molar-refractivity contribution in [1.29, 1.82) is 0 Å². The number of hydrogen-bond donors (Lipinski definition) is 0. The van der Waals surface area contributed by atoms with Gasteiger partial charge in [0.05, 0.1) is 33.8 Å². The van der Waals surface area contributed by atoms with Crippen molar-refractivity contribution in [2.45, 2.75) is 31.6 Å². The fourth-order valence-corrected chi connectivity index (χ4v) is 5.14. The predicted octanol–water partition coefficient (Wildman–Crippen LogP) is 5.14. The van der Waals surface area contributed by atoms with Gasteiger partial charge in [0.15, 0.2) is 6.61 Å². The van der Waals surface area contributed by atoms with Gasteiger partial charge < -0.3 is 9.47 Å². The number of aromatic nitrogens is 1. The highest BCUT2D eigenvalue weighted by Crippen LogP contribution is 2.41. The summed E-state index contributed by atoms with van der Waals surface area (Å²) in [6.07, 6.45) is 3.54. The maximum atomic E-state index is 13.5. The highest BCUT2D eigenvalue weighted by Gasteiger charge is 2.35. The molecule has 1 aromatic heterocycles. The van der Waals surface area contributed by atoms with Gasteiger partial charge in [0, 0.05) is 5.92 Å². The first kappa shape index (κ1) is 20.5. The normalized spacial score (nSPS) is 18.9. The third-order valence-electron chi connectivity index (χ3n) is 5.50. The second-order valence-electron chi connectivity index (χ2n) is 7.39. The molecule has 1 aliphatic rings. The standard InChI is InChI=1S/C23H22FNO4S/c1-28-20-11-10-14(24)12-17(20)19(26)13-29-23(27)16-7-3-2-6-15(16)22-25-18-8-4-5-9-21(18)30-22/h4-5,8-12,15-16H,2-3,6-7,13H2,1H3/t15-,16+/m1/s1. The third-order valence-corrected chi connectivity index (χ3v) is 6.67. The van der Waals surface area contributed by atoms with Crippen LogP contribution in [-0.2, 0) is 9.53 Å². The van der Waals surface area contributed by atoms with E-state index < -0.39 is 24.2 Å². The van der Waals surface area contributed by atoms with E-state index in [1.54, 1.807) is 11.3 Å². The number of ether oxygens (including phenoxy) is 2. The SMILES string of the molecule is COc1ccc(F)cc1C(=O)COC(=O)[C@H]1CCCC[C@H]1c1nc2ccccc2s1. The summed E-state index contributed by atoms with van der Waals surface area (Å²) in [5.74, 6) is -1.53. The minimum Gasteiger partial charge on any atom is -0.496 e. The van der Waals surface area contributed by atoms with Crippen LogP contribution < -0.4 is 4.74 Å². The smallest absolute Gasteiger partial charge is 0.310 e. The van der Waals surface area contributed by atoms with Gasteiger partial charge in [0.25, 0.3) is 0 Å². The molecule has 7 heteroatoms. The van der Waals surface area contributed by atoms with Crippen LogP contribution in [0.1, 0.15) is 47.0 Å². The van der Waals surface area contributed by atoms with E-state index in [4.69, 9.17) is 14.5 Å². The molecule has 156 valence electrons. The van der Waals surface area contributed by atoms with Crippen LogP contribution in [0.15, 0.2) is 42.5 Å². The Morgan fingerprint density at radius 2 is 1.97 bits per heavy atom. The minimum atomic E-state index is -0.548. The zero-order valence-corrected chi connectivity index (χ0v) is 17.4. The van der Waals surface area contributed by atoms with Gasteiger partial charge >= 0.3 is 5.97 Å². The Hall–Kier alpha value is -2.80. The third kappa shape index (κ3) is 4.21. The van der Waals surface area contributed by atoms with Gasteiger partial charge in [0.1, 0.15) is 11.6 Å². The van der Waals surface area contributed by atoms with E-state index in [9.17, 15) is 14.0 Å². The van der Waals surface area contributed by atoms with Crippen molar-refractivity contribution in [3.05, 3.63) is 58.9 Å². The maximum Gasteiger partial charge on any atom is 0.310 e. The number of ketones is 1. The van der Waals surface area contributed by atoms with Gasteiger partial charge in [0.2, 0.25) is 5.78 Å². The first-order valence-corrected chi connectivity index (χ1v) is 10.8. The summed E-state index contributed by atoms with van der Waals surface area (Å²) in [4.78, 5) is 30.1. The van der Waals surface area contributed by atoms with Crippen molar-refractivity contribution in [2.24, 2.45) is 5.92 Å². The number of thiazole rings is 1. The number of halogens is 1. The summed E-state index contributed by atoms with van der Waals surface area (Å²) < 4.78 is 25.1. The molecule has 0 saturated heterocycles. The lowest BCUT2D eigenvalue weighted by atomic mass is 9.79. The maximum absolute atomic E-state index is 13.5. The van der Waals surface area contributed by atoms with Crippen molar-refractivity contribution >= 4 is 33.3 Å². The zero-order valence-electron chi connectivity index (χ0n) is 16.6.